The SMILES string of the molecule is COc1cc2c(cc1OC)CN(CCCNS(=O)(=O)c1csc3ccccc13)CC2.Cl. The Labute approximate surface area is 193 Å². The summed E-state index contributed by atoms with van der Waals surface area (Å²) in [5.74, 6) is 1.51. The van der Waals surface area contributed by atoms with Crippen LogP contribution in [-0.4, -0.2) is 47.2 Å². The molecule has 0 saturated carbocycles. The molecule has 31 heavy (non-hydrogen) atoms. The van der Waals surface area contributed by atoms with Crippen LogP contribution in [0.3, 0.4) is 0 Å². The van der Waals surface area contributed by atoms with Crippen LogP contribution >= 0.6 is 23.7 Å². The molecule has 3 aromatic rings. The van der Waals surface area contributed by atoms with Gasteiger partial charge in [0, 0.05) is 35.1 Å². The van der Waals surface area contributed by atoms with Crippen LogP contribution in [0, 0.1) is 0 Å². The quantitative estimate of drug-likeness (QED) is 0.490. The third kappa shape index (κ3) is 5.15. The van der Waals surface area contributed by atoms with Gasteiger partial charge in [-0.2, -0.15) is 0 Å². The Hall–Kier alpha value is -1.84. The highest BCUT2D eigenvalue weighted by atomic mass is 35.5. The first-order chi connectivity index (χ1) is 14.5. The first-order valence-electron chi connectivity index (χ1n) is 9.94. The van der Waals surface area contributed by atoms with Crippen LogP contribution in [0.15, 0.2) is 46.7 Å². The fourth-order valence-corrected chi connectivity index (χ4v) is 6.46. The molecule has 0 aliphatic carbocycles. The number of ether oxygens (including phenoxy) is 2. The zero-order valence-corrected chi connectivity index (χ0v) is 20.0. The Morgan fingerprint density at radius 3 is 2.55 bits per heavy atom. The molecule has 9 heteroatoms. The van der Waals surface area contributed by atoms with Gasteiger partial charge in [-0.15, -0.1) is 23.7 Å². The average Bonchev–Trinajstić information content (AvgIpc) is 3.21. The van der Waals surface area contributed by atoms with Gasteiger partial charge in [0.25, 0.3) is 0 Å². The lowest BCUT2D eigenvalue weighted by atomic mass is 9.98. The molecule has 1 N–H and O–H groups in total. The first kappa shape index (κ1) is 23.8. The zero-order valence-electron chi connectivity index (χ0n) is 17.6. The second-order valence-corrected chi connectivity index (χ2v) is 10.00. The highest BCUT2D eigenvalue weighted by molar-refractivity contribution is 7.90. The highest BCUT2D eigenvalue weighted by Gasteiger charge is 2.21. The number of sulfonamides is 1. The summed E-state index contributed by atoms with van der Waals surface area (Å²) < 4.78 is 40.0. The molecule has 4 rings (SSSR count). The molecule has 1 aromatic heterocycles. The number of rotatable bonds is 8. The van der Waals surface area contributed by atoms with Crippen molar-refractivity contribution in [2.75, 3.05) is 33.9 Å². The number of benzene rings is 2. The number of hydrogen-bond acceptors (Lipinski definition) is 6. The minimum Gasteiger partial charge on any atom is -0.493 e. The molecule has 0 amide bonds. The van der Waals surface area contributed by atoms with E-state index >= 15 is 0 Å². The maximum atomic E-state index is 12.7. The number of thiophene rings is 1. The Balaban J connectivity index is 0.00000272. The molecule has 2 heterocycles. The Kier molecular flexibility index (Phi) is 7.82. The van der Waals surface area contributed by atoms with Crippen molar-refractivity contribution >= 4 is 43.9 Å². The van der Waals surface area contributed by atoms with Gasteiger partial charge in [-0.05, 0) is 48.7 Å². The van der Waals surface area contributed by atoms with E-state index in [1.54, 1.807) is 19.6 Å². The maximum Gasteiger partial charge on any atom is 0.242 e. The molecule has 168 valence electrons. The van der Waals surface area contributed by atoms with Crippen molar-refractivity contribution < 1.29 is 17.9 Å². The molecule has 0 fully saturated rings. The van der Waals surface area contributed by atoms with Crippen molar-refractivity contribution in [3.63, 3.8) is 0 Å². The molecule has 0 unspecified atom stereocenters. The number of methoxy groups -OCH3 is 2. The van der Waals surface area contributed by atoms with Crippen molar-refractivity contribution in [3.8, 4) is 11.5 Å². The minimum atomic E-state index is -3.50. The molecule has 1 aliphatic heterocycles. The second-order valence-electron chi connectivity index (χ2n) is 7.35. The number of nitrogens with zero attached hydrogens (tertiary/aromatic N) is 1. The van der Waals surface area contributed by atoms with Gasteiger partial charge in [-0.3, -0.25) is 4.90 Å². The van der Waals surface area contributed by atoms with Crippen LogP contribution in [0.5, 0.6) is 11.5 Å². The van der Waals surface area contributed by atoms with Gasteiger partial charge in [-0.25, -0.2) is 13.1 Å². The van der Waals surface area contributed by atoms with Gasteiger partial charge in [-0.1, -0.05) is 18.2 Å². The molecule has 2 aromatic carbocycles. The van der Waals surface area contributed by atoms with Gasteiger partial charge in [0.2, 0.25) is 10.0 Å². The number of hydrogen-bond donors (Lipinski definition) is 1. The predicted octanol–water partition coefficient (Wildman–Crippen LogP) is 4.07. The largest absolute Gasteiger partial charge is 0.493 e. The third-order valence-corrected chi connectivity index (χ3v) is 8.09. The number of nitrogens with one attached hydrogen (secondary N) is 1. The van der Waals surface area contributed by atoms with Gasteiger partial charge < -0.3 is 9.47 Å². The van der Waals surface area contributed by atoms with E-state index in [9.17, 15) is 8.42 Å². The molecule has 1 aliphatic rings. The molecule has 0 saturated heterocycles. The summed E-state index contributed by atoms with van der Waals surface area (Å²) in [4.78, 5) is 2.72. The topological polar surface area (TPSA) is 67.9 Å². The Morgan fingerprint density at radius 2 is 1.81 bits per heavy atom. The highest BCUT2D eigenvalue weighted by Crippen LogP contribution is 2.33. The molecular weight excluding hydrogens is 456 g/mol. The molecular formula is C22H27ClN2O4S2. The Morgan fingerprint density at radius 1 is 1.10 bits per heavy atom. The number of fused-ring (bicyclic) bond motifs is 2. The van der Waals surface area contributed by atoms with Crippen LogP contribution in [0.4, 0.5) is 0 Å². The lowest BCUT2D eigenvalue weighted by Crippen LogP contribution is -2.33. The standard InChI is InChI=1S/C22H26N2O4S2.ClH/c1-27-19-12-16-8-11-24(14-17(16)13-20(19)28-2)10-5-9-23-30(25,26)22-15-29-21-7-4-3-6-18(21)22;/h3-4,6-7,12-13,15,23H,5,8-11,14H2,1-2H3;1H. The summed E-state index contributed by atoms with van der Waals surface area (Å²) in [6.45, 7) is 3.03. The lowest BCUT2D eigenvalue weighted by molar-refractivity contribution is 0.250. The van der Waals surface area contributed by atoms with Crippen LogP contribution < -0.4 is 14.2 Å². The van der Waals surface area contributed by atoms with E-state index in [4.69, 9.17) is 9.47 Å². The fraction of sp³-hybridized carbons (Fsp3) is 0.364. The van der Waals surface area contributed by atoms with E-state index in [0.29, 0.717) is 11.4 Å². The molecule has 0 spiro atoms. The summed E-state index contributed by atoms with van der Waals surface area (Å²) in [5.41, 5.74) is 2.53. The molecule has 0 atom stereocenters. The van der Waals surface area contributed by atoms with Gasteiger partial charge in [0.1, 0.15) is 4.90 Å². The van der Waals surface area contributed by atoms with Gasteiger partial charge >= 0.3 is 0 Å². The summed E-state index contributed by atoms with van der Waals surface area (Å²) in [7, 11) is -0.202. The molecule has 6 nitrogen and oxygen atoms in total. The van der Waals surface area contributed by atoms with Gasteiger partial charge in [0.05, 0.1) is 14.2 Å². The average molecular weight is 483 g/mol. The first-order valence-corrected chi connectivity index (χ1v) is 12.3. The van der Waals surface area contributed by atoms with E-state index in [0.717, 1.165) is 54.1 Å². The summed E-state index contributed by atoms with van der Waals surface area (Å²) in [6.07, 6.45) is 1.70. The lowest BCUT2D eigenvalue weighted by Gasteiger charge is -2.29. The summed E-state index contributed by atoms with van der Waals surface area (Å²) in [5, 5.41) is 2.50. The monoisotopic (exact) mass is 482 g/mol. The predicted molar refractivity (Wildman–Crippen MR) is 127 cm³/mol. The van der Waals surface area contributed by atoms with Crippen molar-refractivity contribution in [2.24, 2.45) is 0 Å². The van der Waals surface area contributed by atoms with Crippen molar-refractivity contribution in [1.29, 1.82) is 0 Å². The third-order valence-electron chi connectivity index (χ3n) is 5.48. The van der Waals surface area contributed by atoms with Crippen LogP contribution in [0.2, 0.25) is 0 Å². The van der Waals surface area contributed by atoms with Crippen LogP contribution in [-0.2, 0) is 23.0 Å². The van der Waals surface area contributed by atoms with Crippen molar-refractivity contribution in [3.05, 3.63) is 52.9 Å². The van der Waals surface area contributed by atoms with Crippen molar-refractivity contribution in [1.82, 2.24) is 9.62 Å². The normalized spacial score (nSPS) is 14.1. The fourth-order valence-electron chi connectivity index (χ4n) is 3.88. The second kappa shape index (κ2) is 10.2. The van der Waals surface area contributed by atoms with E-state index in [2.05, 4.69) is 15.7 Å². The smallest absolute Gasteiger partial charge is 0.242 e. The van der Waals surface area contributed by atoms with E-state index in [1.165, 1.54) is 22.5 Å². The molecule has 0 radical (unpaired) electrons. The van der Waals surface area contributed by atoms with Crippen molar-refractivity contribution in [2.45, 2.75) is 24.3 Å². The van der Waals surface area contributed by atoms with Gasteiger partial charge in [0.15, 0.2) is 11.5 Å². The van der Waals surface area contributed by atoms with Crippen LogP contribution in [0.1, 0.15) is 17.5 Å². The van der Waals surface area contributed by atoms with E-state index < -0.39 is 10.0 Å². The summed E-state index contributed by atoms with van der Waals surface area (Å²) in [6, 6.07) is 11.7. The van der Waals surface area contributed by atoms with E-state index in [-0.39, 0.29) is 12.4 Å². The van der Waals surface area contributed by atoms with E-state index in [1.807, 2.05) is 30.3 Å². The summed E-state index contributed by atoms with van der Waals surface area (Å²) >= 11 is 1.46. The maximum absolute atomic E-state index is 12.7. The minimum absolute atomic E-state index is 0. The van der Waals surface area contributed by atoms with Crippen LogP contribution in [0.25, 0.3) is 10.1 Å². The Bertz CT molecular complexity index is 1150. The molecule has 0 bridgehead atoms. The number of halogens is 1. The zero-order chi connectivity index (χ0) is 21.1.